The molecule has 0 aliphatic heterocycles. The summed E-state index contributed by atoms with van der Waals surface area (Å²) in [6, 6.07) is 8.52. The van der Waals surface area contributed by atoms with Crippen molar-refractivity contribution in [2.75, 3.05) is 17.2 Å². The van der Waals surface area contributed by atoms with Gasteiger partial charge in [0.15, 0.2) is 5.69 Å². The Kier molecular flexibility index (Phi) is 22.0. The molecule has 0 atom stereocenters. The predicted molar refractivity (Wildman–Crippen MR) is 141 cm³/mol. The van der Waals surface area contributed by atoms with Crippen molar-refractivity contribution in [3.63, 3.8) is 0 Å². The van der Waals surface area contributed by atoms with E-state index in [9.17, 15) is 14.4 Å². The number of nitrogens with two attached hydrogens (primary N) is 3. The Morgan fingerprint density at radius 1 is 0.694 bits per heavy atom. The third-order valence-corrected chi connectivity index (χ3v) is 3.02. The minimum atomic E-state index is -1.06. The Hall–Kier alpha value is -4.74. The van der Waals surface area contributed by atoms with E-state index in [0.29, 0.717) is 5.69 Å². The third-order valence-electron chi connectivity index (χ3n) is 3.02. The summed E-state index contributed by atoms with van der Waals surface area (Å²) < 4.78 is 0. The molecule has 12 nitrogen and oxygen atoms in total. The lowest BCUT2D eigenvalue weighted by atomic mass is 10.3. The number of anilines is 3. The van der Waals surface area contributed by atoms with Gasteiger partial charge < -0.3 is 32.5 Å². The predicted octanol–water partition coefficient (Wildman–Crippen LogP) is 4.16. The highest BCUT2D eigenvalue weighted by atomic mass is 16.4. The van der Waals surface area contributed by atoms with Gasteiger partial charge in [0.1, 0.15) is 11.6 Å². The lowest BCUT2D eigenvalue weighted by Crippen LogP contribution is -2.01. The first-order chi connectivity index (χ1) is 17.1. The van der Waals surface area contributed by atoms with E-state index in [-0.39, 0.29) is 28.5 Å². The standard InChI is InChI=1S/3C6H6N2O2.3C2H6/c7-5-1-4(6(9)10)2-8-3-5;7-5-3-4(6(9)10)1-2-8-5;7-5-3-1-2-4(8-5)6(9)10;3*1-2/h1-3H,7H2,(H,9,10);2*1-3H,(H2,7,8)(H,9,10);3*1-2H3. The first kappa shape index (κ1) is 35.8. The summed E-state index contributed by atoms with van der Waals surface area (Å²) in [6.45, 7) is 12.0. The fraction of sp³-hybridized carbons (Fsp3) is 0.250. The molecule has 0 fully saturated rings. The van der Waals surface area contributed by atoms with E-state index in [1.165, 1.54) is 48.9 Å². The summed E-state index contributed by atoms with van der Waals surface area (Å²) in [5.41, 5.74) is 16.3. The van der Waals surface area contributed by atoms with Gasteiger partial charge in [-0.2, -0.15) is 0 Å². The van der Waals surface area contributed by atoms with Crippen molar-refractivity contribution in [1.82, 2.24) is 15.0 Å². The molecular formula is C24H36N6O6. The van der Waals surface area contributed by atoms with E-state index in [1.807, 2.05) is 41.5 Å². The van der Waals surface area contributed by atoms with Crippen LogP contribution in [0.1, 0.15) is 72.7 Å². The molecule has 9 N–H and O–H groups in total. The number of nitrogens with zero attached hydrogens (tertiary/aromatic N) is 3. The molecule has 0 saturated heterocycles. The number of aromatic nitrogens is 3. The summed E-state index contributed by atoms with van der Waals surface area (Å²) in [5.74, 6) is -2.62. The molecule has 0 radical (unpaired) electrons. The van der Waals surface area contributed by atoms with Crippen LogP contribution in [0.4, 0.5) is 17.3 Å². The van der Waals surface area contributed by atoms with Gasteiger partial charge in [-0.05, 0) is 30.3 Å². The normalized spacial score (nSPS) is 8.17. The van der Waals surface area contributed by atoms with E-state index < -0.39 is 17.9 Å². The average molecular weight is 505 g/mol. The molecule has 0 unspecified atom stereocenters. The smallest absolute Gasteiger partial charge is 0.354 e. The number of hydrogen-bond acceptors (Lipinski definition) is 9. The van der Waals surface area contributed by atoms with Gasteiger partial charge in [-0.3, -0.25) is 4.98 Å². The van der Waals surface area contributed by atoms with E-state index in [4.69, 9.17) is 32.5 Å². The number of nitrogen functional groups attached to an aromatic ring is 3. The molecule has 0 amide bonds. The van der Waals surface area contributed by atoms with Crippen LogP contribution in [0.2, 0.25) is 0 Å². The Labute approximate surface area is 210 Å². The second-order valence-electron chi connectivity index (χ2n) is 5.34. The van der Waals surface area contributed by atoms with Gasteiger partial charge in [0, 0.05) is 18.6 Å². The number of pyridine rings is 3. The van der Waals surface area contributed by atoms with Gasteiger partial charge in [0.25, 0.3) is 0 Å². The molecule has 0 spiro atoms. The Morgan fingerprint density at radius 3 is 1.58 bits per heavy atom. The SMILES string of the molecule is CC.CC.CC.Nc1cc(C(=O)O)ccn1.Nc1cccc(C(=O)O)n1.Nc1cncc(C(=O)O)c1. The van der Waals surface area contributed by atoms with E-state index in [1.54, 1.807) is 6.07 Å². The highest BCUT2D eigenvalue weighted by Crippen LogP contribution is 2.03. The fourth-order valence-corrected chi connectivity index (χ4v) is 1.73. The number of carboxylic acid groups (broad SMARTS) is 3. The second kappa shape index (κ2) is 22.1. The minimum absolute atomic E-state index is 0.0278. The summed E-state index contributed by atoms with van der Waals surface area (Å²) in [4.78, 5) is 41.5. The van der Waals surface area contributed by atoms with Crippen molar-refractivity contribution < 1.29 is 29.7 Å². The first-order valence-electron chi connectivity index (χ1n) is 10.9. The van der Waals surface area contributed by atoms with Crippen LogP contribution in [0.5, 0.6) is 0 Å². The van der Waals surface area contributed by atoms with Gasteiger partial charge in [-0.15, -0.1) is 0 Å². The zero-order chi connectivity index (χ0) is 28.7. The molecule has 0 bridgehead atoms. The topological polar surface area (TPSA) is 229 Å². The van der Waals surface area contributed by atoms with E-state index in [0.717, 1.165) is 0 Å². The first-order valence-corrected chi connectivity index (χ1v) is 10.9. The second-order valence-corrected chi connectivity index (χ2v) is 5.34. The Bertz CT molecular complexity index is 915. The maximum absolute atomic E-state index is 10.3. The number of carboxylic acids is 3. The summed E-state index contributed by atoms with van der Waals surface area (Å²) in [6.07, 6.45) is 4.00. The maximum atomic E-state index is 10.3. The van der Waals surface area contributed by atoms with Crippen molar-refractivity contribution in [1.29, 1.82) is 0 Å². The number of rotatable bonds is 3. The molecule has 3 aromatic heterocycles. The number of hydrogen-bond donors (Lipinski definition) is 6. The van der Waals surface area contributed by atoms with Crippen LogP contribution in [-0.2, 0) is 0 Å². The largest absolute Gasteiger partial charge is 0.478 e. The van der Waals surface area contributed by atoms with Crippen molar-refractivity contribution in [2.24, 2.45) is 0 Å². The van der Waals surface area contributed by atoms with Crippen LogP contribution in [0, 0.1) is 0 Å². The van der Waals surface area contributed by atoms with Crippen molar-refractivity contribution in [3.05, 3.63) is 71.8 Å². The van der Waals surface area contributed by atoms with E-state index in [2.05, 4.69) is 15.0 Å². The maximum Gasteiger partial charge on any atom is 0.354 e. The molecule has 3 aromatic rings. The molecule has 3 rings (SSSR count). The Morgan fingerprint density at radius 2 is 1.25 bits per heavy atom. The molecule has 0 aliphatic carbocycles. The molecule has 3 heterocycles. The average Bonchev–Trinajstić information content (AvgIpc) is 2.88. The van der Waals surface area contributed by atoms with Crippen molar-refractivity contribution >= 4 is 35.2 Å². The number of carbonyl (C=O) groups is 3. The molecule has 12 heteroatoms. The molecule has 0 aromatic carbocycles. The van der Waals surface area contributed by atoms with Gasteiger partial charge in [-0.25, -0.2) is 24.4 Å². The molecule has 198 valence electrons. The fourth-order valence-electron chi connectivity index (χ4n) is 1.73. The summed E-state index contributed by atoms with van der Waals surface area (Å²) in [5, 5.41) is 25.2. The highest BCUT2D eigenvalue weighted by molar-refractivity contribution is 5.88. The third kappa shape index (κ3) is 16.8. The van der Waals surface area contributed by atoms with Crippen molar-refractivity contribution in [2.45, 2.75) is 41.5 Å². The molecule has 36 heavy (non-hydrogen) atoms. The molecule has 0 saturated carbocycles. The summed E-state index contributed by atoms with van der Waals surface area (Å²) in [7, 11) is 0. The van der Waals surface area contributed by atoms with Gasteiger partial charge in [0.2, 0.25) is 0 Å². The van der Waals surface area contributed by atoms with Crippen LogP contribution in [0.3, 0.4) is 0 Å². The molecule has 0 aliphatic rings. The number of aromatic carboxylic acids is 3. The highest BCUT2D eigenvalue weighted by Gasteiger charge is 2.02. The van der Waals surface area contributed by atoms with Crippen LogP contribution >= 0.6 is 0 Å². The van der Waals surface area contributed by atoms with Crippen LogP contribution in [0.25, 0.3) is 0 Å². The minimum Gasteiger partial charge on any atom is -0.478 e. The quantitative estimate of drug-likeness (QED) is 0.295. The van der Waals surface area contributed by atoms with Crippen LogP contribution in [0.15, 0.2) is 55.0 Å². The lowest BCUT2D eigenvalue weighted by molar-refractivity contribution is 0.0681. The monoisotopic (exact) mass is 504 g/mol. The van der Waals surface area contributed by atoms with Gasteiger partial charge in [0.05, 0.1) is 16.8 Å². The van der Waals surface area contributed by atoms with Gasteiger partial charge >= 0.3 is 17.9 Å². The summed E-state index contributed by atoms with van der Waals surface area (Å²) >= 11 is 0. The van der Waals surface area contributed by atoms with Crippen LogP contribution < -0.4 is 17.2 Å². The Balaban J connectivity index is -0.000000410. The molecular weight excluding hydrogens is 468 g/mol. The zero-order valence-electron chi connectivity index (χ0n) is 21.3. The van der Waals surface area contributed by atoms with E-state index >= 15 is 0 Å². The zero-order valence-corrected chi connectivity index (χ0v) is 21.3. The van der Waals surface area contributed by atoms with Crippen molar-refractivity contribution in [3.8, 4) is 0 Å². The lowest BCUT2D eigenvalue weighted by Gasteiger charge is -1.92. The van der Waals surface area contributed by atoms with Gasteiger partial charge in [-0.1, -0.05) is 47.6 Å². The van der Waals surface area contributed by atoms with Crippen LogP contribution in [-0.4, -0.2) is 48.2 Å².